The summed E-state index contributed by atoms with van der Waals surface area (Å²) in [7, 11) is -0.507. The Labute approximate surface area is 253 Å². The largest absolute Gasteiger partial charge is 0.462 e. The van der Waals surface area contributed by atoms with Gasteiger partial charge in [0.05, 0.1) is 29.8 Å². The topological polar surface area (TPSA) is 57.7 Å². The molecule has 1 saturated heterocycles. The number of hydrogen-bond acceptors (Lipinski definition) is 5. The van der Waals surface area contributed by atoms with Gasteiger partial charge < -0.3 is 14.0 Å². The molecule has 0 spiro atoms. The van der Waals surface area contributed by atoms with Crippen LogP contribution >= 0.6 is 0 Å². The molecule has 2 atom stereocenters. The average molecular weight is 578 g/mol. The Morgan fingerprint density at radius 1 is 1.00 bits per heavy atom. The van der Waals surface area contributed by atoms with Gasteiger partial charge in [-0.1, -0.05) is 78.4 Å². The molecular formula is C36H37BFNO4. The Kier molecular flexibility index (Phi) is 8.46. The fourth-order valence-electron chi connectivity index (χ4n) is 5.75. The van der Waals surface area contributed by atoms with Crippen molar-refractivity contribution < 1.29 is 23.2 Å². The van der Waals surface area contributed by atoms with Gasteiger partial charge in [0.25, 0.3) is 0 Å². The second-order valence-electron chi connectivity index (χ2n) is 12.5. The van der Waals surface area contributed by atoms with Crippen LogP contribution in [0.5, 0.6) is 0 Å². The molecule has 2 heterocycles. The Morgan fingerprint density at radius 3 is 2.44 bits per heavy atom. The fourth-order valence-corrected chi connectivity index (χ4v) is 5.75. The lowest BCUT2D eigenvalue weighted by Gasteiger charge is -2.33. The van der Waals surface area contributed by atoms with Crippen LogP contribution in [0.2, 0.25) is 0 Å². The number of carbonyl (C=O) groups is 1. The summed E-state index contributed by atoms with van der Waals surface area (Å²) in [6.45, 7) is 5.60. The highest BCUT2D eigenvalue weighted by molar-refractivity contribution is 6.44. The minimum absolute atomic E-state index is 0.155. The average Bonchev–Trinajstić information content (AvgIpc) is 3.81. The molecule has 0 N–H and O–H groups in total. The molecule has 220 valence electrons. The number of halogens is 1. The normalized spacial score (nSPS) is 19.2. The van der Waals surface area contributed by atoms with E-state index in [-0.39, 0.29) is 30.4 Å². The zero-order valence-electron chi connectivity index (χ0n) is 25.0. The highest BCUT2D eigenvalue weighted by atomic mass is 19.1. The zero-order valence-corrected chi connectivity index (χ0v) is 25.0. The van der Waals surface area contributed by atoms with Crippen LogP contribution in [0.4, 0.5) is 4.39 Å². The molecule has 4 aromatic rings. The van der Waals surface area contributed by atoms with Crippen molar-refractivity contribution in [3.8, 4) is 11.1 Å². The molecule has 2 aliphatic rings. The van der Waals surface area contributed by atoms with E-state index in [0.717, 1.165) is 51.7 Å². The summed E-state index contributed by atoms with van der Waals surface area (Å²) in [6, 6.07) is 24.9. The summed E-state index contributed by atoms with van der Waals surface area (Å²) in [4.78, 5) is 17.9. The van der Waals surface area contributed by atoms with Gasteiger partial charge >= 0.3 is 13.1 Å². The number of hydrogen-bond donors (Lipinski definition) is 0. The Morgan fingerprint density at radius 2 is 1.72 bits per heavy atom. The standard InChI is InChI=1S/C36H37BFNO4/c1-36(2,3)41-33(40)22-29-21-28(42-37(43-29)23-24-9-5-4-6-10-24)19-20-31-34(25-15-17-27(38)18-16-25)30-11-7-8-12-32(30)39-35(31)26-13-14-26/h4-12,15-20,26,28-29H,13-14,21-23H2,1-3H3/b20-19+/t28-,29-/m1/s1. The van der Waals surface area contributed by atoms with Crippen LogP contribution in [0.1, 0.15) is 69.2 Å². The third kappa shape index (κ3) is 7.41. The van der Waals surface area contributed by atoms with Crippen LogP contribution in [0.3, 0.4) is 0 Å². The van der Waals surface area contributed by atoms with Gasteiger partial charge in [-0.05, 0) is 57.4 Å². The van der Waals surface area contributed by atoms with Crippen LogP contribution in [-0.2, 0) is 25.2 Å². The molecule has 2 fully saturated rings. The fraction of sp³-hybridized carbons (Fsp3) is 0.333. The lowest BCUT2D eigenvalue weighted by Crippen LogP contribution is -2.43. The van der Waals surface area contributed by atoms with Crippen LogP contribution in [0.15, 0.2) is 84.9 Å². The molecule has 1 aromatic heterocycles. The van der Waals surface area contributed by atoms with Gasteiger partial charge in [-0.15, -0.1) is 0 Å². The highest BCUT2D eigenvalue weighted by Gasteiger charge is 2.35. The molecule has 0 bridgehead atoms. The molecule has 1 saturated carbocycles. The Hall–Kier alpha value is -3.81. The molecule has 0 radical (unpaired) electrons. The first-order valence-electron chi connectivity index (χ1n) is 15.2. The van der Waals surface area contributed by atoms with Crippen molar-refractivity contribution in [1.82, 2.24) is 4.98 Å². The van der Waals surface area contributed by atoms with E-state index < -0.39 is 12.7 Å². The van der Waals surface area contributed by atoms with Crippen LogP contribution in [-0.4, -0.2) is 35.9 Å². The van der Waals surface area contributed by atoms with Gasteiger partial charge in [-0.2, -0.15) is 0 Å². The van der Waals surface area contributed by atoms with Crippen molar-refractivity contribution in [1.29, 1.82) is 0 Å². The second kappa shape index (κ2) is 12.4. The van der Waals surface area contributed by atoms with Gasteiger partial charge in [-0.3, -0.25) is 9.78 Å². The van der Waals surface area contributed by atoms with Crippen molar-refractivity contribution in [3.05, 3.63) is 108 Å². The SMILES string of the molecule is CC(C)(C)OC(=O)C[C@H]1C[C@@H](/C=C/c2c(C3CC3)nc3ccccc3c2-c2ccc(F)cc2)OB(Cc2ccccc2)O1. The van der Waals surface area contributed by atoms with Crippen LogP contribution < -0.4 is 0 Å². The van der Waals surface area contributed by atoms with E-state index in [0.29, 0.717) is 18.7 Å². The number of nitrogens with zero attached hydrogens (tertiary/aromatic N) is 1. The third-order valence-electron chi connectivity index (χ3n) is 7.76. The number of aromatic nitrogens is 1. The molecule has 3 aromatic carbocycles. The van der Waals surface area contributed by atoms with Crippen molar-refractivity contribution >= 4 is 30.1 Å². The monoisotopic (exact) mass is 577 g/mol. The predicted octanol–water partition coefficient (Wildman–Crippen LogP) is 8.11. The quantitative estimate of drug-likeness (QED) is 0.156. The Balaban J connectivity index is 1.35. The molecule has 6 rings (SSSR count). The summed E-state index contributed by atoms with van der Waals surface area (Å²) in [5.41, 5.74) is 5.55. The minimum atomic E-state index is -0.565. The van der Waals surface area contributed by atoms with E-state index in [1.165, 1.54) is 12.1 Å². The van der Waals surface area contributed by atoms with Crippen molar-refractivity contribution in [2.75, 3.05) is 0 Å². The van der Waals surface area contributed by atoms with Crippen LogP contribution in [0, 0.1) is 5.82 Å². The first-order valence-corrected chi connectivity index (χ1v) is 15.2. The van der Waals surface area contributed by atoms with Crippen molar-refractivity contribution in [3.63, 3.8) is 0 Å². The highest BCUT2D eigenvalue weighted by Crippen LogP contribution is 2.45. The van der Waals surface area contributed by atoms with E-state index in [2.05, 4.69) is 18.2 Å². The summed E-state index contributed by atoms with van der Waals surface area (Å²) in [5, 5.41) is 1.02. The first-order chi connectivity index (χ1) is 20.7. The van der Waals surface area contributed by atoms with E-state index in [1.54, 1.807) is 0 Å². The number of pyridine rings is 1. The van der Waals surface area contributed by atoms with Crippen molar-refractivity contribution in [2.45, 2.75) is 76.5 Å². The van der Waals surface area contributed by atoms with Crippen LogP contribution in [0.25, 0.3) is 28.1 Å². The van der Waals surface area contributed by atoms with Gasteiger partial charge in [0.1, 0.15) is 11.4 Å². The number of fused-ring (bicyclic) bond motifs is 1. The molecule has 5 nitrogen and oxygen atoms in total. The van der Waals surface area contributed by atoms with E-state index >= 15 is 0 Å². The molecular weight excluding hydrogens is 540 g/mol. The first kappa shape index (κ1) is 29.3. The molecule has 1 aliphatic heterocycles. The van der Waals surface area contributed by atoms with Gasteiger partial charge in [0.15, 0.2) is 0 Å². The smallest absolute Gasteiger partial charge is 0.460 e. The maximum absolute atomic E-state index is 13.9. The summed E-state index contributed by atoms with van der Waals surface area (Å²) < 4.78 is 32.3. The van der Waals surface area contributed by atoms with Gasteiger partial charge in [0.2, 0.25) is 0 Å². The molecule has 7 heteroatoms. The number of ether oxygens (including phenoxy) is 1. The minimum Gasteiger partial charge on any atom is -0.460 e. The lowest BCUT2D eigenvalue weighted by molar-refractivity contribution is -0.157. The lowest BCUT2D eigenvalue weighted by atomic mass is 9.77. The van der Waals surface area contributed by atoms with Crippen molar-refractivity contribution in [2.24, 2.45) is 0 Å². The number of esters is 1. The zero-order chi connectivity index (χ0) is 30.0. The molecule has 43 heavy (non-hydrogen) atoms. The maximum atomic E-state index is 13.9. The number of benzene rings is 3. The molecule has 0 amide bonds. The Bertz CT molecular complexity index is 1610. The van der Waals surface area contributed by atoms with E-state index in [9.17, 15) is 9.18 Å². The maximum Gasteiger partial charge on any atom is 0.462 e. The van der Waals surface area contributed by atoms with E-state index in [4.69, 9.17) is 19.0 Å². The van der Waals surface area contributed by atoms with E-state index in [1.807, 2.05) is 81.4 Å². The summed E-state index contributed by atoms with van der Waals surface area (Å²) in [6.07, 6.45) is 7.01. The predicted molar refractivity (Wildman–Crippen MR) is 169 cm³/mol. The number of para-hydroxylation sites is 1. The number of rotatable bonds is 8. The third-order valence-corrected chi connectivity index (χ3v) is 7.76. The number of carbonyl (C=O) groups excluding carboxylic acids is 1. The molecule has 0 unspecified atom stereocenters. The summed E-state index contributed by atoms with van der Waals surface area (Å²) >= 11 is 0. The summed E-state index contributed by atoms with van der Waals surface area (Å²) in [5.74, 6) is -0.156. The van der Waals surface area contributed by atoms with Gasteiger partial charge in [-0.25, -0.2) is 4.39 Å². The second-order valence-corrected chi connectivity index (χ2v) is 12.5. The molecule has 1 aliphatic carbocycles. The van der Waals surface area contributed by atoms with Gasteiger partial charge in [0, 0.05) is 35.2 Å².